The van der Waals surface area contributed by atoms with Gasteiger partial charge in [0.15, 0.2) is 6.10 Å². The van der Waals surface area contributed by atoms with Crippen molar-refractivity contribution in [1.82, 2.24) is 10.2 Å². The number of urea groups is 1. The largest absolute Gasteiger partial charge is 0.451 e. The maximum Gasteiger partial charge on any atom is 0.327 e. The number of rotatable bonds is 5. The van der Waals surface area contributed by atoms with Gasteiger partial charge in [-0.05, 0) is 43.9 Å². The van der Waals surface area contributed by atoms with Gasteiger partial charge >= 0.3 is 12.0 Å². The van der Waals surface area contributed by atoms with Crippen LogP contribution >= 0.6 is 0 Å². The number of esters is 1. The second kappa shape index (κ2) is 8.53. The van der Waals surface area contributed by atoms with Gasteiger partial charge in [-0.1, -0.05) is 25.8 Å². The maximum absolute atomic E-state index is 12.9. The van der Waals surface area contributed by atoms with E-state index in [1.54, 1.807) is 18.2 Å². The third-order valence-electron chi connectivity index (χ3n) is 5.73. The Morgan fingerprint density at radius 1 is 1.40 bits per heavy atom. The van der Waals surface area contributed by atoms with E-state index in [4.69, 9.17) is 10.00 Å². The molecule has 1 aliphatic heterocycles. The first-order valence-electron chi connectivity index (χ1n) is 9.91. The molecule has 0 bridgehead atoms. The van der Waals surface area contributed by atoms with Crippen LogP contribution in [0.2, 0.25) is 0 Å². The normalized spacial score (nSPS) is 24.2. The fraction of sp³-hybridized carbons (Fsp3) is 0.476. The van der Waals surface area contributed by atoms with Crippen LogP contribution in [0, 0.1) is 17.2 Å². The lowest BCUT2D eigenvalue weighted by Gasteiger charge is -2.36. The fourth-order valence-corrected chi connectivity index (χ4v) is 3.97. The standard InChI is InChI=1S/C21H24N4O5/c1-13-6-3-4-9-21(13)19(28)25(20(29)24-21)12-17(26)30-14(2)18(27)23-16-8-5-7-15(10-16)11-22/h5,7-8,10,13-14H,3-4,6,9,12H2,1-2H3,(H,23,27)(H,24,29)/t13-,14+,21+/m1/s1. The van der Waals surface area contributed by atoms with Gasteiger partial charge in [-0.15, -0.1) is 0 Å². The number of hydrogen-bond donors (Lipinski definition) is 2. The summed E-state index contributed by atoms with van der Waals surface area (Å²) in [7, 11) is 0. The summed E-state index contributed by atoms with van der Waals surface area (Å²) < 4.78 is 5.11. The van der Waals surface area contributed by atoms with Gasteiger partial charge in [-0.2, -0.15) is 5.26 Å². The minimum absolute atomic E-state index is 0.0161. The fourth-order valence-electron chi connectivity index (χ4n) is 3.97. The highest BCUT2D eigenvalue weighted by molar-refractivity contribution is 6.09. The van der Waals surface area contributed by atoms with Gasteiger partial charge < -0.3 is 15.4 Å². The molecule has 9 heteroatoms. The SMILES string of the molecule is C[C@H](OC(=O)CN1C(=O)N[C@]2(CCCC[C@H]2C)C1=O)C(=O)Nc1cccc(C#N)c1. The predicted molar refractivity (Wildman–Crippen MR) is 106 cm³/mol. The molecule has 0 radical (unpaired) electrons. The summed E-state index contributed by atoms with van der Waals surface area (Å²) in [5.74, 6) is -1.87. The Kier molecular flexibility index (Phi) is 6.06. The number of imide groups is 1. The van der Waals surface area contributed by atoms with E-state index in [0.717, 1.165) is 24.2 Å². The van der Waals surface area contributed by atoms with Crippen molar-refractivity contribution < 1.29 is 23.9 Å². The number of nitrogens with zero attached hydrogens (tertiary/aromatic N) is 2. The molecule has 30 heavy (non-hydrogen) atoms. The molecule has 1 spiro atoms. The van der Waals surface area contributed by atoms with Crippen LogP contribution in [0.1, 0.15) is 45.1 Å². The van der Waals surface area contributed by atoms with Gasteiger partial charge in [0.1, 0.15) is 12.1 Å². The van der Waals surface area contributed by atoms with Gasteiger partial charge in [0, 0.05) is 5.69 Å². The van der Waals surface area contributed by atoms with Crippen molar-refractivity contribution in [1.29, 1.82) is 5.26 Å². The zero-order valence-electron chi connectivity index (χ0n) is 16.9. The van der Waals surface area contributed by atoms with Gasteiger partial charge in [0.2, 0.25) is 0 Å². The molecule has 3 atom stereocenters. The number of anilines is 1. The van der Waals surface area contributed by atoms with E-state index in [1.807, 2.05) is 13.0 Å². The van der Waals surface area contributed by atoms with Crippen LogP contribution in [0.15, 0.2) is 24.3 Å². The monoisotopic (exact) mass is 412 g/mol. The van der Waals surface area contributed by atoms with Gasteiger partial charge in [0.05, 0.1) is 11.6 Å². The minimum Gasteiger partial charge on any atom is -0.451 e. The van der Waals surface area contributed by atoms with E-state index in [-0.39, 0.29) is 5.92 Å². The number of nitriles is 1. The second-order valence-electron chi connectivity index (χ2n) is 7.75. The summed E-state index contributed by atoms with van der Waals surface area (Å²) in [5, 5.41) is 14.2. The van der Waals surface area contributed by atoms with Crippen LogP contribution < -0.4 is 10.6 Å². The molecule has 1 heterocycles. The molecule has 0 unspecified atom stereocenters. The van der Waals surface area contributed by atoms with Crippen molar-refractivity contribution in [3.8, 4) is 6.07 Å². The summed E-state index contributed by atoms with van der Waals surface area (Å²) >= 11 is 0. The number of benzene rings is 1. The van der Waals surface area contributed by atoms with Crippen molar-refractivity contribution in [3.05, 3.63) is 29.8 Å². The quantitative estimate of drug-likeness (QED) is 0.562. The van der Waals surface area contributed by atoms with E-state index in [0.29, 0.717) is 17.7 Å². The smallest absolute Gasteiger partial charge is 0.327 e. The van der Waals surface area contributed by atoms with Crippen LogP contribution in [-0.2, 0) is 19.1 Å². The Bertz CT molecular complexity index is 924. The molecule has 1 aliphatic carbocycles. The first-order chi connectivity index (χ1) is 14.3. The average Bonchev–Trinajstić information content (AvgIpc) is 2.95. The van der Waals surface area contributed by atoms with E-state index in [1.165, 1.54) is 13.0 Å². The molecule has 1 saturated carbocycles. The third kappa shape index (κ3) is 4.13. The van der Waals surface area contributed by atoms with Crippen molar-refractivity contribution in [2.75, 3.05) is 11.9 Å². The molecular weight excluding hydrogens is 388 g/mol. The predicted octanol–water partition coefficient (Wildman–Crippen LogP) is 1.93. The Balaban J connectivity index is 1.58. The third-order valence-corrected chi connectivity index (χ3v) is 5.73. The second-order valence-corrected chi connectivity index (χ2v) is 7.75. The molecular formula is C21H24N4O5. The number of nitrogens with one attached hydrogen (secondary N) is 2. The summed E-state index contributed by atoms with van der Waals surface area (Å²) in [6.45, 7) is 2.76. The Labute approximate surface area is 174 Å². The van der Waals surface area contributed by atoms with Crippen molar-refractivity contribution in [2.45, 2.75) is 51.2 Å². The summed E-state index contributed by atoms with van der Waals surface area (Å²) in [6.07, 6.45) is 2.06. The Morgan fingerprint density at radius 2 is 2.17 bits per heavy atom. The van der Waals surface area contributed by atoms with Gasteiger partial charge in [-0.3, -0.25) is 19.3 Å². The van der Waals surface area contributed by atoms with Crippen molar-refractivity contribution in [3.63, 3.8) is 0 Å². The van der Waals surface area contributed by atoms with Crippen LogP contribution in [0.4, 0.5) is 10.5 Å². The van der Waals surface area contributed by atoms with Gasteiger partial charge in [-0.25, -0.2) is 4.79 Å². The summed E-state index contributed by atoms with van der Waals surface area (Å²) in [5.41, 5.74) is -0.184. The van der Waals surface area contributed by atoms with Crippen molar-refractivity contribution in [2.24, 2.45) is 5.92 Å². The molecule has 1 aromatic carbocycles. The highest BCUT2D eigenvalue weighted by atomic mass is 16.5. The molecule has 3 rings (SSSR count). The molecule has 2 N–H and O–H groups in total. The number of carbonyl (C=O) groups excluding carboxylic acids is 4. The number of hydrogen-bond acceptors (Lipinski definition) is 6. The zero-order chi connectivity index (χ0) is 21.9. The Morgan fingerprint density at radius 3 is 2.87 bits per heavy atom. The number of amides is 4. The lowest BCUT2D eigenvalue weighted by Crippen LogP contribution is -2.54. The van der Waals surface area contributed by atoms with E-state index < -0.39 is 42.0 Å². The highest BCUT2D eigenvalue weighted by Gasteiger charge is 2.55. The van der Waals surface area contributed by atoms with Crippen LogP contribution in [0.25, 0.3) is 0 Å². The average molecular weight is 412 g/mol. The maximum atomic E-state index is 12.9. The lowest BCUT2D eigenvalue weighted by atomic mass is 9.73. The molecule has 4 amide bonds. The molecule has 9 nitrogen and oxygen atoms in total. The lowest BCUT2D eigenvalue weighted by molar-refractivity contribution is -0.155. The number of ether oxygens (including phenoxy) is 1. The van der Waals surface area contributed by atoms with Crippen LogP contribution in [0.3, 0.4) is 0 Å². The van der Waals surface area contributed by atoms with E-state index in [9.17, 15) is 19.2 Å². The van der Waals surface area contributed by atoms with Gasteiger partial charge in [0.25, 0.3) is 11.8 Å². The first kappa shape index (κ1) is 21.3. The van der Waals surface area contributed by atoms with E-state index >= 15 is 0 Å². The van der Waals surface area contributed by atoms with E-state index in [2.05, 4.69) is 10.6 Å². The highest BCUT2D eigenvalue weighted by Crippen LogP contribution is 2.38. The molecule has 1 aromatic rings. The summed E-state index contributed by atoms with van der Waals surface area (Å²) in [4.78, 5) is 50.7. The molecule has 0 aromatic heterocycles. The molecule has 2 aliphatic rings. The molecule has 1 saturated heterocycles. The van der Waals surface area contributed by atoms with Crippen LogP contribution in [0.5, 0.6) is 0 Å². The molecule has 2 fully saturated rings. The Hall–Kier alpha value is -3.41. The summed E-state index contributed by atoms with van der Waals surface area (Å²) in [6, 6.07) is 7.65. The minimum atomic E-state index is -1.15. The first-order valence-corrected chi connectivity index (χ1v) is 9.91. The molecule has 158 valence electrons. The van der Waals surface area contributed by atoms with Crippen LogP contribution in [-0.4, -0.2) is 46.9 Å². The zero-order valence-corrected chi connectivity index (χ0v) is 16.9. The van der Waals surface area contributed by atoms with Crippen molar-refractivity contribution >= 4 is 29.5 Å². The topological polar surface area (TPSA) is 129 Å². The number of carbonyl (C=O) groups is 4.